The van der Waals surface area contributed by atoms with Crippen LogP contribution in [0, 0.1) is 0 Å². The predicted octanol–water partition coefficient (Wildman–Crippen LogP) is 4.87. The molecule has 0 aliphatic rings. The minimum atomic E-state index is -0.748. The van der Waals surface area contributed by atoms with Crippen molar-refractivity contribution in [3.63, 3.8) is 0 Å². The molecule has 0 spiro atoms. The van der Waals surface area contributed by atoms with Crippen molar-refractivity contribution in [2.24, 2.45) is 0 Å². The van der Waals surface area contributed by atoms with Crippen LogP contribution in [0.15, 0.2) is 48.5 Å². The lowest BCUT2D eigenvalue weighted by molar-refractivity contribution is -0.116. The summed E-state index contributed by atoms with van der Waals surface area (Å²) in [6.45, 7) is 0. The van der Waals surface area contributed by atoms with Crippen LogP contribution in [0.2, 0.25) is 5.02 Å². The van der Waals surface area contributed by atoms with E-state index in [0.29, 0.717) is 10.2 Å². The smallest absolute Gasteiger partial charge is 0.248 e. The number of benzene rings is 2. The van der Waals surface area contributed by atoms with E-state index in [9.17, 15) is 4.79 Å². The highest BCUT2D eigenvalue weighted by Gasteiger charge is 2.18. The molecule has 3 nitrogen and oxygen atoms in total. The zero-order chi connectivity index (χ0) is 14.8. The number of nitrogens with zero attached hydrogens (tertiary/aromatic N) is 1. The summed E-state index contributed by atoms with van der Waals surface area (Å²) < 4.78 is 0.920. The first-order valence-electron chi connectivity index (χ1n) is 6.19. The summed E-state index contributed by atoms with van der Waals surface area (Å²) >= 11 is 13.5. The minimum absolute atomic E-state index is 0.298. The van der Waals surface area contributed by atoms with Crippen molar-refractivity contribution in [1.29, 1.82) is 0 Å². The fourth-order valence-electron chi connectivity index (χ4n) is 1.89. The summed E-state index contributed by atoms with van der Waals surface area (Å²) in [5.41, 5.74) is 1.55. The molecule has 1 heterocycles. The van der Waals surface area contributed by atoms with Crippen LogP contribution in [0.4, 0.5) is 5.13 Å². The number of aromatic nitrogens is 1. The molecule has 6 heteroatoms. The van der Waals surface area contributed by atoms with E-state index < -0.39 is 5.38 Å². The van der Waals surface area contributed by atoms with Gasteiger partial charge in [-0.15, -0.1) is 11.6 Å². The molecule has 21 heavy (non-hydrogen) atoms. The Labute approximate surface area is 135 Å². The fraction of sp³-hybridized carbons (Fsp3) is 0.0667. The zero-order valence-electron chi connectivity index (χ0n) is 10.7. The first kappa shape index (κ1) is 14.3. The summed E-state index contributed by atoms with van der Waals surface area (Å²) in [6, 6.07) is 14.6. The molecule has 2 aromatic carbocycles. The zero-order valence-corrected chi connectivity index (χ0v) is 13.0. The average molecular weight is 337 g/mol. The van der Waals surface area contributed by atoms with E-state index in [1.54, 1.807) is 6.07 Å². The number of hydrogen-bond acceptors (Lipinski definition) is 3. The van der Waals surface area contributed by atoms with Crippen molar-refractivity contribution in [2.45, 2.75) is 5.38 Å². The third-order valence-corrected chi connectivity index (χ3v) is 4.52. The van der Waals surface area contributed by atoms with Crippen LogP contribution in [-0.2, 0) is 4.79 Å². The van der Waals surface area contributed by atoms with Gasteiger partial charge in [0, 0.05) is 5.02 Å². The van der Waals surface area contributed by atoms with E-state index in [-0.39, 0.29) is 5.91 Å². The number of thiazole rings is 1. The van der Waals surface area contributed by atoms with Gasteiger partial charge in [0.1, 0.15) is 5.38 Å². The monoisotopic (exact) mass is 336 g/mol. The molecule has 0 bridgehead atoms. The van der Waals surface area contributed by atoms with Gasteiger partial charge in [0.2, 0.25) is 5.91 Å². The van der Waals surface area contributed by atoms with Crippen LogP contribution in [0.3, 0.4) is 0 Å². The molecule has 0 aliphatic heterocycles. The van der Waals surface area contributed by atoms with E-state index in [0.717, 1.165) is 15.8 Å². The van der Waals surface area contributed by atoms with Crippen LogP contribution >= 0.6 is 34.5 Å². The van der Waals surface area contributed by atoms with Gasteiger partial charge in [-0.05, 0) is 23.8 Å². The number of rotatable bonds is 3. The van der Waals surface area contributed by atoms with Crippen LogP contribution < -0.4 is 5.32 Å². The van der Waals surface area contributed by atoms with Gasteiger partial charge in [0.05, 0.1) is 10.2 Å². The Morgan fingerprint density at radius 2 is 1.95 bits per heavy atom. The Morgan fingerprint density at radius 3 is 2.71 bits per heavy atom. The highest BCUT2D eigenvalue weighted by atomic mass is 35.5. The first-order valence-corrected chi connectivity index (χ1v) is 7.82. The molecule has 1 atom stereocenters. The van der Waals surface area contributed by atoms with Gasteiger partial charge in [-0.1, -0.05) is 53.3 Å². The third kappa shape index (κ3) is 3.18. The first-order chi connectivity index (χ1) is 10.1. The quantitative estimate of drug-likeness (QED) is 0.693. The molecule has 3 aromatic rings. The molecule has 3 rings (SSSR count). The van der Waals surface area contributed by atoms with Gasteiger partial charge in [0.15, 0.2) is 5.13 Å². The summed E-state index contributed by atoms with van der Waals surface area (Å²) in [5.74, 6) is -0.298. The fourth-order valence-corrected chi connectivity index (χ4v) is 3.24. The number of nitrogens with one attached hydrogen (secondary N) is 1. The topological polar surface area (TPSA) is 42.0 Å². The molecule has 106 valence electrons. The third-order valence-electron chi connectivity index (χ3n) is 2.90. The van der Waals surface area contributed by atoms with E-state index in [4.69, 9.17) is 23.2 Å². The van der Waals surface area contributed by atoms with E-state index >= 15 is 0 Å². The molecular formula is C15H10Cl2N2OS. The van der Waals surface area contributed by atoms with E-state index in [1.165, 1.54) is 11.3 Å². The number of hydrogen-bond donors (Lipinski definition) is 1. The molecule has 0 aliphatic carbocycles. The van der Waals surface area contributed by atoms with Gasteiger partial charge in [-0.3, -0.25) is 4.79 Å². The van der Waals surface area contributed by atoms with Crippen LogP contribution in [0.5, 0.6) is 0 Å². The van der Waals surface area contributed by atoms with Gasteiger partial charge < -0.3 is 5.32 Å². The van der Waals surface area contributed by atoms with Crippen molar-refractivity contribution in [2.75, 3.05) is 5.32 Å². The van der Waals surface area contributed by atoms with Gasteiger partial charge in [0.25, 0.3) is 0 Å². The van der Waals surface area contributed by atoms with Crippen LogP contribution in [0.1, 0.15) is 10.9 Å². The lowest BCUT2D eigenvalue weighted by atomic mass is 10.1. The van der Waals surface area contributed by atoms with Crippen LogP contribution in [-0.4, -0.2) is 10.9 Å². The molecule has 0 fully saturated rings. The van der Waals surface area contributed by atoms with E-state index in [1.807, 2.05) is 42.5 Å². The normalized spacial score (nSPS) is 12.3. The maximum absolute atomic E-state index is 12.2. The summed E-state index contributed by atoms with van der Waals surface area (Å²) in [4.78, 5) is 16.5. The molecule has 1 unspecified atom stereocenters. The maximum atomic E-state index is 12.2. The Bertz CT molecular complexity index is 789. The van der Waals surface area contributed by atoms with E-state index in [2.05, 4.69) is 10.3 Å². The van der Waals surface area contributed by atoms with Crippen molar-refractivity contribution in [3.05, 3.63) is 59.1 Å². The highest BCUT2D eigenvalue weighted by molar-refractivity contribution is 7.22. The Hall–Kier alpha value is -1.62. The standard InChI is InChI=1S/C15H10Cl2N2OS/c16-10-6-7-11-12(8-10)21-15(18-11)19-14(20)13(17)9-4-2-1-3-5-9/h1-8,13H,(H,18,19,20). The summed E-state index contributed by atoms with van der Waals surface area (Å²) in [6.07, 6.45) is 0. The number of anilines is 1. The Kier molecular flexibility index (Phi) is 4.10. The van der Waals surface area contributed by atoms with Gasteiger partial charge in [-0.2, -0.15) is 0 Å². The van der Waals surface area contributed by atoms with Crippen molar-refractivity contribution in [1.82, 2.24) is 4.98 Å². The van der Waals surface area contributed by atoms with Crippen LogP contribution in [0.25, 0.3) is 10.2 Å². The number of amides is 1. The van der Waals surface area contributed by atoms with Crippen molar-refractivity contribution >= 4 is 55.8 Å². The molecule has 1 aromatic heterocycles. The van der Waals surface area contributed by atoms with Crippen molar-refractivity contribution in [3.8, 4) is 0 Å². The number of alkyl halides is 1. The number of carbonyl (C=O) groups excluding carboxylic acids is 1. The SMILES string of the molecule is O=C(Nc1nc2ccc(Cl)cc2s1)C(Cl)c1ccccc1. The molecular weight excluding hydrogens is 327 g/mol. The lowest BCUT2D eigenvalue weighted by Crippen LogP contribution is -2.17. The molecule has 1 amide bonds. The van der Waals surface area contributed by atoms with Gasteiger partial charge >= 0.3 is 0 Å². The molecule has 0 radical (unpaired) electrons. The second-order valence-corrected chi connectivity index (χ2v) is 6.30. The second-order valence-electron chi connectivity index (χ2n) is 4.39. The largest absolute Gasteiger partial charge is 0.300 e. The molecule has 1 N–H and O–H groups in total. The number of halogens is 2. The van der Waals surface area contributed by atoms with Gasteiger partial charge in [-0.25, -0.2) is 4.98 Å². The molecule has 0 saturated carbocycles. The minimum Gasteiger partial charge on any atom is -0.300 e. The summed E-state index contributed by atoms with van der Waals surface area (Å²) in [7, 11) is 0. The number of fused-ring (bicyclic) bond motifs is 1. The second kappa shape index (κ2) is 6.02. The molecule has 0 saturated heterocycles. The Balaban J connectivity index is 1.80. The highest BCUT2D eigenvalue weighted by Crippen LogP contribution is 2.29. The summed E-state index contributed by atoms with van der Waals surface area (Å²) in [5, 5.41) is 3.15. The lowest BCUT2D eigenvalue weighted by Gasteiger charge is -2.08. The predicted molar refractivity (Wildman–Crippen MR) is 88.3 cm³/mol. The number of carbonyl (C=O) groups is 1. The maximum Gasteiger partial charge on any atom is 0.248 e. The Morgan fingerprint density at radius 1 is 1.19 bits per heavy atom. The average Bonchev–Trinajstić information content (AvgIpc) is 2.88. The van der Waals surface area contributed by atoms with Crippen molar-refractivity contribution < 1.29 is 4.79 Å².